The molecule has 1 aromatic heterocycles. The van der Waals surface area contributed by atoms with Crippen LogP contribution in [0.4, 0.5) is 0 Å². The summed E-state index contributed by atoms with van der Waals surface area (Å²) in [7, 11) is 1.61. The molecular weight excluding hydrogens is 531 g/mol. The van der Waals surface area contributed by atoms with Gasteiger partial charge in [0.1, 0.15) is 11.4 Å². The Bertz CT molecular complexity index is 1510. The molecule has 39 heavy (non-hydrogen) atoms. The van der Waals surface area contributed by atoms with Crippen LogP contribution in [0.5, 0.6) is 5.75 Å². The second-order valence-electron chi connectivity index (χ2n) is 8.99. The first kappa shape index (κ1) is 26.5. The Balaban J connectivity index is 1.39. The van der Waals surface area contributed by atoms with Crippen molar-refractivity contribution in [3.05, 3.63) is 130 Å². The second-order valence-corrected chi connectivity index (χ2v) is 9.84. The van der Waals surface area contributed by atoms with E-state index in [0.29, 0.717) is 33.0 Å². The molecule has 5 rings (SSSR count). The smallest absolute Gasteiger partial charge is 0.221 e. The van der Waals surface area contributed by atoms with E-state index in [4.69, 9.17) is 37.3 Å². The maximum Gasteiger partial charge on any atom is 0.221 e. The summed E-state index contributed by atoms with van der Waals surface area (Å²) in [5.74, 6) is 1.45. The minimum Gasteiger partial charge on any atom is -0.497 e. The zero-order chi connectivity index (χ0) is 27.2. The van der Waals surface area contributed by atoms with Gasteiger partial charge in [0.25, 0.3) is 0 Å². The molecule has 4 aromatic carbocycles. The Hall–Kier alpha value is -4.06. The Morgan fingerprint density at radius 3 is 2.13 bits per heavy atom. The number of rotatable bonds is 9. The molecule has 0 radical (unpaired) electrons. The van der Waals surface area contributed by atoms with Crippen molar-refractivity contribution in [3.63, 3.8) is 0 Å². The molecule has 1 heterocycles. The van der Waals surface area contributed by atoms with E-state index in [1.807, 2.05) is 91.0 Å². The highest BCUT2D eigenvalue weighted by Crippen LogP contribution is 2.38. The molecule has 5 nitrogen and oxygen atoms in total. The summed E-state index contributed by atoms with van der Waals surface area (Å²) in [6, 6.07) is 32.8. The molecule has 0 saturated heterocycles. The van der Waals surface area contributed by atoms with Gasteiger partial charge in [-0.3, -0.25) is 4.79 Å². The first-order chi connectivity index (χ1) is 19.0. The van der Waals surface area contributed by atoms with Gasteiger partial charge in [0.15, 0.2) is 5.76 Å². The molecule has 0 fully saturated rings. The average Bonchev–Trinajstić information content (AvgIpc) is 3.39. The minimum atomic E-state index is -0.108. The lowest BCUT2D eigenvalue weighted by Crippen LogP contribution is -2.25. The number of benzene rings is 4. The first-order valence-electron chi connectivity index (χ1n) is 12.5. The van der Waals surface area contributed by atoms with E-state index < -0.39 is 0 Å². The zero-order valence-corrected chi connectivity index (χ0v) is 22.7. The van der Waals surface area contributed by atoms with E-state index in [0.717, 1.165) is 22.4 Å². The maximum absolute atomic E-state index is 13.1. The third-order valence-electron chi connectivity index (χ3n) is 6.44. The lowest BCUT2D eigenvalue weighted by Gasteiger charge is -2.17. The Morgan fingerprint density at radius 1 is 0.897 bits per heavy atom. The topological polar surface area (TPSA) is 64.4 Å². The highest BCUT2D eigenvalue weighted by Gasteiger charge is 2.21. The monoisotopic (exact) mass is 556 g/mol. The number of methoxy groups -OCH3 is 1. The average molecular weight is 557 g/mol. The number of nitrogens with one attached hydrogen (secondary N) is 1. The minimum absolute atomic E-state index is 0.0738. The van der Waals surface area contributed by atoms with E-state index in [2.05, 4.69) is 5.32 Å². The van der Waals surface area contributed by atoms with E-state index in [9.17, 15) is 4.79 Å². The number of hydrogen-bond acceptors (Lipinski definition) is 4. The number of halogens is 2. The van der Waals surface area contributed by atoms with Gasteiger partial charge in [0.2, 0.25) is 11.8 Å². The molecule has 196 valence electrons. The van der Waals surface area contributed by atoms with E-state index >= 15 is 0 Å². The lowest BCUT2D eigenvalue weighted by atomic mass is 9.88. The largest absolute Gasteiger partial charge is 0.497 e. The van der Waals surface area contributed by atoms with Crippen molar-refractivity contribution in [3.8, 4) is 28.3 Å². The molecule has 0 aliphatic rings. The molecule has 0 aliphatic heterocycles. The van der Waals surface area contributed by atoms with Gasteiger partial charge in [-0.1, -0.05) is 83.9 Å². The highest BCUT2D eigenvalue weighted by atomic mass is 35.5. The molecule has 0 aliphatic carbocycles. The van der Waals surface area contributed by atoms with Crippen LogP contribution in [0, 0.1) is 0 Å². The molecule has 0 unspecified atom stereocenters. The second kappa shape index (κ2) is 12.2. The number of carbonyl (C=O) groups excluding carboxylic acids is 1. The summed E-state index contributed by atoms with van der Waals surface area (Å²) in [5, 5.41) is 3.96. The molecule has 0 bridgehead atoms. The van der Waals surface area contributed by atoms with Crippen molar-refractivity contribution in [1.29, 1.82) is 0 Å². The molecular formula is C32H26Cl2N2O3. The van der Waals surface area contributed by atoms with Crippen molar-refractivity contribution in [2.75, 3.05) is 7.11 Å². The maximum atomic E-state index is 13.1. The quantitative estimate of drug-likeness (QED) is 0.199. The molecule has 0 saturated carbocycles. The van der Waals surface area contributed by atoms with Crippen LogP contribution in [-0.2, 0) is 11.3 Å². The summed E-state index contributed by atoms with van der Waals surface area (Å²) in [6.07, 6.45) is 0.288. The molecule has 1 amide bonds. The van der Waals surface area contributed by atoms with Crippen LogP contribution in [0.1, 0.15) is 29.4 Å². The SMILES string of the molecule is COc1ccc(-c2oc(CNC(=O)CC(c3ccccc3)c3ccccc3)nc2-c2ccc(Cl)cc2Cl)cc1. The standard InChI is InChI=1S/C32H26Cl2N2O3/c1-38-25-15-12-23(13-16-25)32-31(26-17-14-24(33)18-28(26)34)36-30(39-32)20-35-29(37)19-27(21-8-4-2-5-9-21)22-10-6-3-7-11-22/h2-18,27H,19-20H2,1H3,(H,35,37). The fourth-order valence-electron chi connectivity index (χ4n) is 4.47. The molecule has 1 N–H and O–H groups in total. The normalized spacial score (nSPS) is 11.0. The van der Waals surface area contributed by atoms with Crippen LogP contribution in [-0.4, -0.2) is 18.0 Å². The lowest BCUT2D eigenvalue weighted by molar-refractivity contribution is -0.121. The number of hydrogen-bond donors (Lipinski definition) is 1. The van der Waals surface area contributed by atoms with Gasteiger partial charge in [-0.05, 0) is 53.6 Å². The van der Waals surface area contributed by atoms with Crippen LogP contribution in [0.25, 0.3) is 22.6 Å². The Morgan fingerprint density at radius 2 is 1.54 bits per heavy atom. The number of nitrogens with zero attached hydrogens (tertiary/aromatic N) is 1. The van der Waals surface area contributed by atoms with Gasteiger partial charge < -0.3 is 14.5 Å². The van der Waals surface area contributed by atoms with Gasteiger partial charge in [-0.25, -0.2) is 4.98 Å². The van der Waals surface area contributed by atoms with Crippen LogP contribution in [0.15, 0.2) is 108 Å². The zero-order valence-electron chi connectivity index (χ0n) is 21.2. The van der Waals surface area contributed by atoms with Crippen LogP contribution < -0.4 is 10.1 Å². The summed E-state index contributed by atoms with van der Waals surface area (Å²) in [4.78, 5) is 17.9. The van der Waals surface area contributed by atoms with Crippen LogP contribution in [0.2, 0.25) is 10.0 Å². The number of aromatic nitrogens is 1. The van der Waals surface area contributed by atoms with Crippen molar-refractivity contribution in [2.45, 2.75) is 18.9 Å². The van der Waals surface area contributed by atoms with E-state index in [1.165, 1.54) is 0 Å². The molecule has 7 heteroatoms. The van der Waals surface area contributed by atoms with Gasteiger partial charge in [-0.2, -0.15) is 0 Å². The van der Waals surface area contributed by atoms with Gasteiger partial charge in [0, 0.05) is 28.5 Å². The summed E-state index contributed by atoms with van der Waals surface area (Å²) in [6.45, 7) is 0.128. The van der Waals surface area contributed by atoms with Gasteiger partial charge in [-0.15, -0.1) is 0 Å². The first-order valence-corrected chi connectivity index (χ1v) is 13.2. The number of carbonyl (C=O) groups is 1. The van der Waals surface area contributed by atoms with Crippen LogP contribution in [0.3, 0.4) is 0 Å². The van der Waals surface area contributed by atoms with Gasteiger partial charge in [0.05, 0.1) is 18.7 Å². The summed E-state index contributed by atoms with van der Waals surface area (Å²) >= 11 is 12.7. The number of ether oxygens (including phenoxy) is 1. The Kier molecular flexibility index (Phi) is 8.30. The molecule has 0 spiro atoms. The summed E-state index contributed by atoms with van der Waals surface area (Å²) in [5.41, 5.74) is 4.21. The Labute approximate surface area is 237 Å². The van der Waals surface area contributed by atoms with Crippen molar-refractivity contribution in [1.82, 2.24) is 10.3 Å². The fourth-order valence-corrected chi connectivity index (χ4v) is 4.97. The van der Waals surface area contributed by atoms with Crippen LogP contribution >= 0.6 is 23.2 Å². The van der Waals surface area contributed by atoms with Crippen molar-refractivity contribution in [2.24, 2.45) is 0 Å². The molecule has 0 atom stereocenters. The predicted octanol–water partition coefficient (Wildman–Crippen LogP) is 8.16. The number of amides is 1. The third-order valence-corrected chi connectivity index (χ3v) is 6.99. The van der Waals surface area contributed by atoms with Crippen molar-refractivity contribution >= 4 is 29.1 Å². The highest BCUT2D eigenvalue weighted by molar-refractivity contribution is 6.36. The third kappa shape index (κ3) is 6.33. The number of oxazole rings is 1. The molecule has 5 aromatic rings. The van der Waals surface area contributed by atoms with Gasteiger partial charge >= 0.3 is 0 Å². The van der Waals surface area contributed by atoms with E-state index in [-0.39, 0.29) is 24.8 Å². The van der Waals surface area contributed by atoms with E-state index in [1.54, 1.807) is 19.2 Å². The predicted molar refractivity (Wildman–Crippen MR) is 155 cm³/mol. The summed E-state index contributed by atoms with van der Waals surface area (Å²) < 4.78 is 11.5. The van der Waals surface area contributed by atoms with Crippen molar-refractivity contribution < 1.29 is 13.9 Å². The fraction of sp³-hybridized carbons (Fsp3) is 0.125.